The topological polar surface area (TPSA) is 38.5 Å². The summed E-state index contributed by atoms with van der Waals surface area (Å²) in [7, 11) is 0. The Kier molecular flexibility index (Phi) is 3.29. The van der Waals surface area contributed by atoms with Crippen molar-refractivity contribution in [3.8, 4) is 0 Å². The van der Waals surface area contributed by atoms with E-state index in [-0.39, 0.29) is 17.4 Å². The summed E-state index contributed by atoms with van der Waals surface area (Å²) in [5.41, 5.74) is 1.26. The molecule has 0 spiro atoms. The molecule has 1 aromatic carbocycles. The molecule has 19 heavy (non-hydrogen) atoms. The van der Waals surface area contributed by atoms with Gasteiger partial charge < -0.3 is 9.47 Å². The van der Waals surface area contributed by atoms with E-state index in [0.717, 1.165) is 31.9 Å². The molecule has 2 aliphatic heterocycles. The molecule has 0 bridgehead atoms. The predicted octanol–water partition coefficient (Wildman–Crippen LogP) is 1.45. The Morgan fingerprint density at radius 2 is 2.16 bits per heavy atom. The Morgan fingerprint density at radius 1 is 1.42 bits per heavy atom. The lowest BCUT2D eigenvalue weighted by Gasteiger charge is -2.38. The summed E-state index contributed by atoms with van der Waals surface area (Å²) in [4.78, 5) is 14.0. The van der Waals surface area contributed by atoms with E-state index in [9.17, 15) is 4.79 Å². The van der Waals surface area contributed by atoms with Crippen molar-refractivity contribution in [1.29, 1.82) is 0 Å². The van der Waals surface area contributed by atoms with Gasteiger partial charge in [-0.05, 0) is 5.56 Å². The highest BCUT2D eigenvalue weighted by atomic mass is 16.5. The number of hydrogen-bond donors (Lipinski definition) is 0. The number of carbonyl (C=O) groups is 1. The molecule has 0 aliphatic carbocycles. The van der Waals surface area contributed by atoms with Crippen LogP contribution in [-0.2, 0) is 20.9 Å². The lowest BCUT2D eigenvalue weighted by atomic mass is 9.89. The van der Waals surface area contributed by atoms with E-state index >= 15 is 0 Å². The zero-order chi connectivity index (χ0) is 13.3. The first-order chi connectivity index (χ1) is 9.16. The van der Waals surface area contributed by atoms with E-state index in [1.54, 1.807) is 0 Å². The SMILES string of the molecule is CC1(C[N@@]2CC2C(=O)OCc2ccccc2)COC1. The number of hydrogen-bond acceptors (Lipinski definition) is 4. The summed E-state index contributed by atoms with van der Waals surface area (Å²) in [5.74, 6) is -0.104. The number of ether oxygens (including phenoxy) is 2. The van der Waals surface area contributed by atoms with Gasteiger partial charge in [-0.3, -0.25) is 9.69 Å². The van der Waals surface area contributed by atoms with Crippen LogP contribution in [0, 0.1) is 5.41 Å². The lowest BCUT2D eigenvalue weighted by molar-refractivity contribution is -0.146. The van der Waals surface area contributed by atoms with Crippen molar-refractivity contribution >= 4 is 5.97 Å². The van der Waals surface area contributed by atoms with Crippen molar-refractivity contribution in [1.82, 2.24) is 4.90 Å². The molecule has 4 heteroatoms. The van der Waals surface area contributed by atoms with E-state index in [2.05, 4.69) is 11.8 Å². The molecule has 4 nitrogen and oxygen atoms in total. The fraction of sp³-hybridized carbons (Fsp3) is 0.533. The minimum Gasteiger partial charge on any atom is -0.460 e. The van der Waals surface area contributed by atoms with Gasteiger partial charge in [0.25, 0.3) is 0 Å². The van der Waals surface area contributed by atoms with Crippen molar-refractivity contribution in [2.45, 2.75) is 19.6 Å². The van der Waals surface area contributed by atoms with Crippen LogP contribution >= 0.6 is 0 Å². The number of nitrogens with zero attached hydrogens (tertiary/aromatic N) is 1. The van der Waals surface area contributed by atoms with E-state index in [0.29, 0.717) is 6.61 Å². The van der Waals surface area contributed by atoms with Gasteiger partial charge in [-0.1, -0.05) is 37.3 Å². The Morgan fingerprint density at radius 3 is 2.79 bits per heavy atom. The molecule has 2 aliphatic rings. The van der Waals surface area contributed by atoms with E-state index in [1.165, 1.54) is 0 Å². The van der Waals surface area contributed by atoms with Crippen molar-refractivity contribution < 1.29 is 14.3 Å². The first-order valence-corrected chi connectivity index (χ1v) is 6.69. The molecular weight excluding hydrogens is 242 g/mol. The maximum Gasteiger partial charge on any atom is 0.325 e. The van der Waals surface area contributed by atoms with Crippen LogP contribution in [0.1, 0.15) is 12.5 Å². The third kappa shape index (κ3) is 2.96. The minimum atomic E-state index is -0.104. The molecule has 2 heterocycles. The predicted molar refractivity (Wildman–Crippen MR) is 70.5 cm³/mol. The summed E-state index contributed by atoms with van der Waals surface area (Å²) in [6, 6.07) is 9.74. The van der Waals surface area contributed by atoms with Crippen LogP contribution in [0.25, 0.3) is 0 Å². The Balaban J connectivity index is 1.42. The smallest absolute Gasteiger partial charge is 0.325 e. The van der Waals surface area contributed by atoms with Crippen LogP contribution in [0.3, 0.4) is 0 Å². The van der Waals surface area contributed by atoms with Crippen LogP contribution in [0.2, 0.25) is 0 Å². The monoisotopic (exact) mass is 261 g/mol. The molecule has 102 valence electrons. The second-order valence-corrected chi connectivity index (χ2v) is 5.84. The van der Waals surface area contributed by atoms with Crippen LogP contribution in [0.5, 0.6) is 0 Å². The Bertz CT molecular complexity index is 456. The van der Waals surface area contributed by atoms with Crippen molar-refractivity contribution in [3.05, 3.63) is 35.9 Å². The fourth-order valence-corrected chi connectivity index (χ4v) is 2.43. The standard InChI is InChI=1S/C15H19NO3/c1-15(10-18-11-15)9-16-7-13(16)14(17)19-8-12-5-3-2-4-6-12/h2-6,13H,7-11H2,1H3/t13?,16-/m1/s1. The summed E-state index contributed by atoms with van der Waals surface area (Å²) >= 11 is 0. The van der Waals surface area contributed by atoms with Gasteiger partial charge in [0.2, 0.25) is 0 Å². The van der Waals surface area contributed by atoms with Crippen LogP contribution in [0.15, 0.2) is 30.3 Å². The van der Waals surface area contributed by atoms with Gasteiger partial charge in [0.15, 0.2) is 0 Å². The molecule has 3 rings (SSSR count). The van der Waals surface area contributed by atoms with Crippen molar-refractivity contribution in [2.24, 2.45) is 5.41 Å². The quantitative estimate of drug-likeness (QED) is 0.594. The van der Waals surface area contributed by atoms with Gasteiger partial charge >= 0.3 is 5.97 Å². The third-order valence-electron chi connectivity index (χ3n) is 3.70. The summed E-state index contributed by atoms with van der Waals surface area (Å²) in [5, 5.41) is 0. The zero-order valence-electron chi connectivity index (χ0n) is 11.2. The fourth-order valence-electron chi connectivity index (χ4n) is 2.43. The maximum absolute atomic E-state index is 11.9. The molecule has 2 fully saturated rings. The van der Waals surface area contributed by atoms with Gasteiger partial charge in [-0.2, -0.15) is 0 Å². The number of carbonyl (C=O) groups excluding carboxylic acids is 1. The van der Waals surface area contributed by atoms with E-state index in [4.69, 9.17) is 9.47 Å². The summed E-state index contributed by atoms with van der Waals surface area (Å²) in [6.07, 6.45) is 0. The average molecular weight is 261 g/mol. The highest BCUT2D eigenvalue weighted by molar-refractivity contribution is 5.79. The largest absolute Gasteiger partial charge is 0.460 e. The summed E-state index contributed by atoms with van der Waals surface area (Å²) < 4.78 is 10.6. The average Bonchev–Trinajstić information content (AvgIpc) is 3.14. The number of esters is 1. The highest BCUT2D eigenvalue weighted by Crippen LogP contribution is 2.32. The van der Waals surface area contributed by atoms with Crippen LogP contribution in [-0.4, -0.2) is 43.2 Å². The summed E-state index contributed by atoms with van der Waals surface area (Å²) in [6.45, 7) is 5.91. The van der Waals surface area contributed by atoms with Gasteiger partial charge in [0.1, 0.15) is 12.6 Å². The molecule has 0 radical (unpaired) electrons. The lowest BCUT2D eigenvalue weighted by Crippen LogP contribution is -2.45. The molecule has 1 unspecified atom stereocenters. The van der Waals surface area contributed by atoms with Gasteiger partial charge in [0, 0.05) is 18.5 Å². The molecule has 0 aromatic heterocycles. The van der Waals surface area contributed by atoms with Gasteiger partial charge in [-0.15, -0.1) is 0 Å². The first-order valence-electron chi connectivity index (χ1n) is 6.69. The van der Waals surface area contributed by atoms with Crippen molar-refractivity contribution in [2.75, 3.05) is 26.3 Å². The molecule has 0 N–H and O–H groups in total. The molecule has 2 saturated heterocycles. The second kappa shape index (κ2) is 4.94. The highest BCUT2D eigenvalue weighted by Gasteiger charge is 2.47. The Labute approximate surface area is 113 Å². The zero-order valence-corrected chi connectivity index (χ0v) is 11.2. The molecule has 2 atom stereocenters. The molecule has 1 aromatic rings. The molecule has 0 saturated carbocycles. The number of rotatable bonds is 5. The van der Waals surface area contributed by atoms with Crippen LogP contribution < -0.4 is 0 Å². The third-order valence-corrected chi connectivity index (χ3v) is 3.70. The maximum atomic E-state index is 11.9. The van der Waals surface area contributed by atoms with Gasteiger partial charge in [0.05, 0.1) is 13.2 Å². The normalized spacial score (nSPS) is 27.4. The minimum absolute atomic E-state index is 0.0406. The molecular formula is C15H19NO3. The number of benzene rings is 1. The Hall–Kier alpha value is -1.39. The molecule has 0 amide bonds. The van der Waals surface area contributed by atoms with Gasteiger partial charge in [-0.25, -0.2) is 0 Å². The van der Waals surface area contributed by atoms with E-state index in [1.807, 2.05) is 30.3 Å². The van der Waals surface area contributed by atoms with Crippen LogP contribution in [0.4, 0.5) is 0 Å². The first kappa shape index (κ1) is 12.6. The van der Waals surface area contributed by atoms with E-state index < -0.39 is 0 Å². The second-order valence-electron chi connectivity index (χ2n) is 5.84. The van der Waals surface area contributed by atoms with Crippen molar-refractivity contribution in [3.63, 3.8) is 0 Å².